The fraction of sp³-hybridized carbons (Fsp3) is 0.294. The molecule has 1 atom stereocenters. The number of nitrogens with zero attached hydrogens (tertiary/aromatic N) is 2. The smallest absolute Gasteiger partial charge is 0.254 e. The molecular weight excluding hydrogens is 378 g/mol. The topological polar surface area (TPSA) is 45.2 Å². The van der Waals surface area contributed by atoms with Crippen molar-refractivity contribution in [1.29, 1.82) is 0 Å². The van der Waals surface area contributed by atoms with E-state index in [9.17, 15) is 4.79 Å². The highest BCUT2D eigenvalue weighted by molar-refractivity contribution is 9.10. The van der Waals surface area contributed by atoms with Gasteiger partial charge in [-0.05, 0) is 36.2 Å². The molecule has 3 rings (SSSR count). The maximum Gasteiger partial charge on any atom is 0.254 e. The van der Waals surface area contributed by atoms with E-state index in [1.165, 1.54) is 0 Å². The number of hydrogen-bond donors (Lipinski definition) is 1. The van der Waals surface area contributed by atoms with Crippen LogP contribution in [-0.2, 0) is 0 Å². The number of piperazine rings is 1. The zero-order valence-electron chi connectivity index (χ0n) is 12.8. The van der Waals surface area contributed by atoms with Gasteiger partial charge in [0, 0.05) is 42.1 Å². The number of carbonyl (C=O) groups excluding carboxylic acids is 1. The van der Waals surface area contributed by atoms with Crippen LogP contribution in [0.15, 0.2) is 47.2 Å². The number of pyridine rings is 1. The van der Waals surface area contributed by atoms with Crippen molar-refractivity contribution >= 4 is 34.2 Å². The van der Waals surface area contributed by atoms with E-state index in [-0.39, 0.29) is 24.4 Å². The molecule has 0 spiro atoms. The zero-order valence-corrected chi connectivity index (χ0v) is 15.2. The maximum atomic E-state index is 13.0. The van der Waals surface area contributed by atoms with Gasteiger partial charge in [0.1, 0.15) is 0 Å². The van der Waals surface area contributed by atoms with Crippen molar-refractivity contribution in [2.45, 2.75) is 13.0 Å². The Morgan fingerprint density at radius 2 is 2.22 bits per heavy atom. The minimum atomic E-state index is 0. The van der Waals surface area contributed by atoms with Crippen molar-refractivity contribution in [3.05, 3.63) is 63.9 Å². The van der Waals surface area contributed by atoms with Crippen molar-refractivity contribution in [3.8, 4) is 0 Å². The molecule has 1 aromatic carbocycles. The number of aryl methyl sites for hydroxylation is 1. The summed E-state index contributed by atoms with van der Waals surface area (Å²) < 4.78 is 0.925. The lowest BCUT2D eigenvalue weighted by Crippen LogP contribution is -2.48. The monoisotopic (exact) mass is 395 g/mol. The maximum absolute atomic E-state index is 13.0. The molecule has 2 aromatic rings. The number of nitrogens with one attached hydrogen (secondary N) is 1. The van der Waals surface area contributed by atoms with E-state index >= 15 is 0 Å². The first kappa shape index (κ1) is 17.9. The molecule has 4 nitrogen and oxygen atoms in total. The molecule has 1 N–H and O–H groups in total. The first-order valence-electron chi connectivity index (χ1n) is 7.34. The van der Waals surface area contributed by atoms with Crippen molar-refractivity contribution in [2.75, 3.05) is 19.6 Å². The predicted molar refractivity (Wildman–Crippen MR) is 97.0 cm³/mol. The molecule has 1 fully saturated rings. The minimum absolute atomic E-state index is 0. The predicted octanol–water partition coefficient (Wildman–Crippen LogP) is 3.36. The van der Waals surface area contributed by atoms with Gasteiger partial charge in [0.2, 0.25) is 0 Å². The van der Waals surface area contributed by atoms with Crippen molar-refractivity contribution in [3.63, 3.8) is 0 Å². The number of aromatic nitrogens is 1. The highest BCUT2D eigenvalue weighted by atomic mass is 79.9. The van der Waals surface area contributed by atoms with Crippen LogP contribution in [0.4, 0.5) is 0 Å². The van der Waals surface area contributed by atoms with Gasteiger partial charge in [-0.3, -0.25) is 9.78 Å². The van der Waals surface area contributed by atoms with Crippen LogP contribution >= 0.6 is 28.3 Å². The van der Waals surface area contributed by atoms with Gasteiger partial charge in [0.25, 0.3) is 5.91 Å². The van der Waals surface area contributed by atoms with Crippen LogP contribution in [0.25, 0.3) is 0 Å². The molecule has 122 valence electrons. The van der Waals surface area contributed by atoms with E-state index in [0.29, 0.717) is 6.54 Å². The van der Waals surface area contributed by atoms with Gasteiger partial charge < -0.3 is 10.2 Å². The second kappa shape index (κ2) is 7.90. The van der Waals surface area contributed by atoms with Crippen molar-refractivity contribution < 1.29 is 4.79 Å². The Morgan fingerprint density at radius 1 is 1.39 bits per heavy atom. The van der Waals surface area contributed by atoms with Gasteiger partial charge >= 0.3 is 0 Å². The Kier molecular flexibility index (Phi) is 6.16. The lowest BCUT2D eigenvalue weighted by Gasteiger charge is -2.36. The summed E-state index contributed by atoms with van der Waals surface area (Å²) in [6, 6.07) is 9.80. The highest BCUT2D eigenvalue weighted by Gasteiger charge is 2.29. The first-order valence-corrected chi connectivity index (χ1v) is 8.14. The van der Waals surface area contributed by atoms with Gasteiger partial charge in [-0.25, -0.2) is 0 Å². The number of benzene rings is 1. The zero-order chi connectivity index (χ0) is 15.5. The third-order valence-corrected chi connectivity index (χ3v) is 4.50. The van der Waals surface area contributed by atoms with Gasteiger partial charge in [-0.15, -0.1) is 12.4 Å². The fourth-order valence-corrected chi connectivity index (χ4v) is 3.16. The molecule has 0 radical (unpaired) electrons. The molecule has 23 heavy (non-hydrogen) atoms. The normalized spacial score (nSPS) is 17.5. The molecule has 0 aliphatic carbocycles. The summed E-state index contributed by atoms with van der Waals surface area (Å²) in [6.07, 6.45) is 3.59. The quantitative estimate of drug-likeness (QED) is 0.846. The van der Waals surface area contributed by atoms with E-state index in [2.05, 4.69) is 26.2 Å². The van der Waals surface area contributed by atoms with Crippen molar-refractivity contribution in [2.24, 2.45) is 0 Å². The average Bonchev–Trinajstić information content (AvgIpc) is 2.57. The Morgan fingerprint density at radius 3 is 2.96 bits per heavy atom. The lowest BCUT2D eigenvalue weighted by atomic mass is 10.0. The lowest BCUT2D eigenvalue weighted by molar-refractivity contribution is 0.0633. The van der Waals surface area contributed by atoms with Gasteiger partial charge in [0.05, 0.1) is 6.04 Å². The van der Waals surface area contributed by atoms with Crippen LogP contribution in [-0.4, -0.2) is 35.4 Å². The molecule has 6 heteroatoms. The molecule has 1 unspecified atom stereocenters. The van der Waals surface area contributed by atoms with E-state index < -0.39 is 0 Å². The summed E-state index contributed by atoms with van der Waals surface area (Å²) in [7, 11) is 0. The molecule has 0 saturated carbocycles. The van der Waals surface area contributed by atoms with Crippen LogP contribution in [0.5, 0.6) is 0 Å². The summed E-state index contributed by atoms with van der Waals surface area (Å²) in [5, 5.41) is 3.36. The fourth-order valence-electron chi connectivity index (χ4n) is 2.80. The Labute approximate surface area is 150 Å². The number of carbonyl (C=O) groups is 1. The van der Waals surface area contributed by atoms with E-state index in [4.69, 9.17) is 0 Å². The van der Waals surface area contributed by atoms with Crippen molar-refractivity contribution in [1.82, 2.24) is 15.2 Å². The van der Waals surface area contributed by atoms with E-state index in [1.807, 2.05) is 48.4 Å². The van der Waals surface area contributed by atoms with Crippen LogP contribution < -0.4 is 5.32 Å². The summed E-state index contributed by atoms with van der Waals surface area (Å²) in [5.74, 6) is 0.0779. The summed E-state index contributed by atoms with van der Waals surface area (Å²) >= 11 is 3.46. The van der Waals surface area contributed by atoms with E-state index in [1.54, 1.807) is 6.20 Å². The van der Waals surface area contributed by atoms with Gasteiger partial charge in [0.15, 0.2) is 0 Å². The molecular formula is C17H19BrClN3O. The van der Waals surface area contributed by atoms with Gasteiger partial charge in [-0.2, -0.15) is 0 Å². The summed E-state index contributed by atoms with van der Waals surface area (Å²) in [6.45, 7) is 4.24. The summed E-state index contributed by atoms with van der Waals surface area (Å²) in [4.78, 5) is 19.1. The van der Waals surface area contributed by atoms with Crippen LogP contribution in [0.1, 0.15) is 27.5 Å². The minimum Gasteiger partial charge on any atom is -0.329 e. The number of amides is 1. The average molecular weight is 397 g/mol. The third-order valence-electron chi connectivity index (χ3n) is 4.00. The molecule has 1 amide bonds. The Balaban J connectivity index is 0.00000192. The molecule has 1 saturated heterocycles. The Bertz CT molecular complexity index is 681. The molecule has 2 heterocycles. The van der Waals surface area contributed by atoms with Crippen LogP contribution in [0, 0.1) is 6.92 Å². The first-order chi connectivity index (χ1) is 10.7. The Hall–Kier alpha value is -1.43. The molecule has 1 aromatic heterocycles. The summed E-state index contributed by atoms with van der Waals surface area (Å²) in [5.41, 5.74) is 2.82. The molecule has 0 bridgehead atoms. The third kappa shape index (κ3) is 3.91. The highest BCUT2D eigenvalue weighted by Crippen LogP contribution is 2.25. The molecule has 1 aliphatic rings. The molecule has 1 aliphatic heterocycles. The number of rotatable bonds is 2. The second-order valence-corrected chi connectivity index (χ2v) is 6.38. The SMILES string of the molecule is Cc1ccc(Br)cc1C(=O)N1CCNCC1c1cccnc1.Cl. The van der Waals surface area contributed by atoms with E-state index in [0.717, 1.165) is 34.3 Å². The van der Waals surface area contributed by atoms with Crippen LogP contribution in [0.3, 0.4) is 0 Å². The largest absolute Gasteiger partial charge is 0.329 e. The number of halogens is 2. The number of hydrogen-bond acceptors (Lipinski definition) is 3. The standard InChI is InChI=1S/C17H18BrN3O.ClH/c1-12-4-5-14(18)9-15(12)17(22)21-8-7-20-11-16(21)13-3-2-6-19-10-13;/h2-6,9-10,16,20H,7-8,11H2,1H3;1H. The van der Waals surface area contributed by atoms with Gasteiger partial charge in [-0.1, -0.05) is 28.1 Å². The second-order valence-electron chi connectivity index (χ2n) is 5.46. The van der Waals surface area contributed by atoms with Crippen LogP contribution in [0.2, 0.25) is 0 Å².